The van der Waals surface area contributed by atoms with Crippen molar-refractivity contribution in [3.63, 3.8) is 0 Å². The molecule has 0 aromatic heterocycles. The Bertz CT molecular complexity index is 268. The Morgan fingerprint density at radius 1 is 1.27 bits per heavy atom. The minimum atomic E-state index is 0.629. The lowest BCUT2D eigenvalue weighted by molar-refractivity contribution is 0.514. The second-order valence-corrected chi connectivity index (χ2v) is 5.27. The highest BCUT2D eigenvalue weighted by atomic mass is 127. The summed E-state index contributed by atoms with van der Waals surface area (Å²) in [5.74, 6) is 0. The van der Waals surface area contributed by atoms with Crippen molar-refractivity contribution in [2.75, 3.05) is 6.54 Å². The van der Waals surface area contributed by atoms with E-state index in [1.165, 1.54) is 28.4 Å². The average Bonchev–Trinajstić information content (AvgIpc) is 2.25. The largest absolute Gasteiger partial charge is 0.314 e. The molecule has 0 fully saturated rings. The molecule has 2 heteroatoms. The first kappa shape index (κ1) is 13.0. The summed E-state index contributed by atoms with van der Waals surface area (Å²) >= 11 is 2.34. The molecule has 0 aliphatic heterocycles. The van der Waals surface area contributed by atoms with Gasteiger partial charge in [-0.15, -0.1) is 0 Å². The molecule has 0 amide bonds. The van der Waals surface area contributed by atoms with Crippen LogP contribution in [-0.4, -0.2) is 12.6 Å². The maximum atomic E-state index is 3.51. The van der Waals surface area contributed by atoms with Crippen molar-refractivity contribution < 1.29 is 0 Å². The van der Waals surface area contributed by atoms with E-state index in [1.54, 1.807) is 0 Å². The van der Waals surface area contributed by atoms with Gasteiger partial charge in [0.05, 0.1) is 0 Å². The number of rotatable bonds is 6. The van der Waals surface area contributed by atoms with E-state index >= 15 is 0 Å². The Kier molecular flexibility index (Phi) is 6.25. The normalized spacial score (nSPS) is 12.7. The summed E-state index contributed by atoms with van der Waals surface area (Å²) in [4.78, 5) is 0. The molecule has 1 nitrogen and oxygen atoms in total. The van der Waals surface area contributed by atoms with Crippen molar-refractivity contribution in [3.05, 3.63) is 33.4 Å². The van der Waals surface area contributed by atoms with Gasteiger partial charge in [0.2, 0.25) is 0 Å². The molecule has 1 atom stereocenters. The quantitative estimate of drug-likeness (QED) is 0.790. The van der Waals surface area contributed by atoms with Crippen molar-refractivity contribution in [1.82, 2.24) is 5.32 Å². The van der Waals surface area contributed by atoms with Crippen LogP contribution >= 0.6 is 22.6 Å². The number of hydrogen-bond acceptors (Lipinski definition) is 1. The van der Waals surface area contributed by atoms with Crippen molar-refractivity contribution >= 4 is 22.6 Å². The van der Waals surface area contributed by atoms with E-state index in [9.17, 15) is 0 Å². The van der Waals surface area contributed by atoms with Crippen LogP contribution in [0.15, 0.2) is 24.3 Å². The molecule has 1 aromatic carbocycles. The molecule has 0 bridgehead atoms. The molecule has 0 saturated carbocycles. The van der Waals surface area contributed by atoms with Crippen LogP contribution in [0.4, 0.5) is 0 Å². The molecule has 0 aliphatic rings. The molecule has 0 aliphatic carbocycles. The Morgan fingerprint density at radius 3 is 2.53 bits per heavy atom. The molecular weight excluding hydrogens is 297 g/mol. The fraction of sp³-hybridized carbons (Fsp3) is 0.538. The predicted octanol–water partition coefficient (Wildman–Crippen LogP) is 3.61. The zero-order chi connectivity index (χ0) is 11.1. The molecule has 0 saturated heterocycles. The fourth-order valence-corrected chi connectivity index (χ4v) is 1.89. The summed E-state index contributed by atoms with van der Waals surface area (Å²) in [6.45, 7) is 5.61. The summed E-state index contributed by atoms with van der Waals surface area (Å²) in [7, 11) is 0. The third kappa shape index (κ3) is 5.52. The lowest BCUT2D eigenvalue weighted by atomic mass is 10.1. The van der Waals surface area contributed by atoms with Crippen LogP contribution in [-0.2, 0) is 6.42 Å². The van der Waals surface area contributed by atoms with Gasteiger partial charge < -0.3 is 5.32 Å². The number of hydrogen-bond donors (Lipinski definition) is 1. The highest BCUT2D eigenvalue weighted by Gasteiger charge is 2.00. The number of benzene rings is 1. The molecule has 15 heavy (non-hydrogen) atoms. The predicted molar refractivity (Wildman–Crippen MR) is 75.2 cm³/mol. The molecule has 0 heterocycles. The van der Waals surface area contributed by atoms with Gasteiger partial charge in [0.15, 0.2) is 0 Å². The molecule has 1 aromatic rings. The minimum absolute atomic E-state index is 0.629. The molecule has 0 spiro atoms. The van der Waals surface area contributed by atoms with Crippen LogP contribution in [0.25, 0.3) is 0 Å². The SMILES string of the molecule is CCCNC(C)CCc1ccc(I)cc1. The Hall–Kier alpha value is -0.0900. The van der Waals surface area contributed by atoms with Gasteiger partial charge in [-0.2, -0.15) is 0 Å². The molecule has 0 radical (unpaired) electrons. The first-order valence-corrected chi connectivity index (χ1v) is 6.78. The van der Waals surface area contributed by atoms with Gasteiger partial charge in [-0.1, -0.05) is 19.1 Å². The summed E-state index contributed by atoms with van der Waals surface area (Å²) in [5.41, 5.74) is 1.44. The van der Waals surface area contributed by atoms with Crippen molar-refractivity contribution in [2.45, 2.75) is 39.2 Å². The smallest absolute Gasteiger partial charge is 0.0130 e. The van der Waals surface area contributed by atoms with Gasteiger partial charge in [-0.3, -0.25) is 0 Å². The summed E-state index contributed by atoms with van der Waals surface area (Å²) < 4.78 is 1.31. The number of halogens is 1. The van der Waals surface area contributed by atoms with Crippen LogP contribution in [0.1, 0.15) is 32.3 Å². The standard InChI is InChI=1S/C13H20IN/c1-3-10-15-11(2)4-5-12-6-8-13(14)9-7-12/h6-9,11,15H,3-5,10H2,1-2H3. The van der Waals surface area contributed by atoms with E-state index in [0.29, 0.717) is 6.04 Å². The summed E-state index contributed by atoms with van der Waals surface area (Å²) in [6, 6.07) is 9.45. The van der Waals surface area contributed by atoms with E-state index in [-0.39, 0.29) is 0 Å². The molecule has 1 unspecified atom stereocenters. The first-order chi connectivity index (χ1) is 7.22. The van der Waals surface area contributed by atoms with Crippen molar-refractivity contribution in [3.8, 4) is 0 Å². The highest BCUT2D eigenvalue weighted by Crippen LogP contribution is 2.09. The van der Waals surface area contributed by atoms with Gasteiger partial charge in [-0.05, 0) is 73.0 Å². The van der Waals surface area contributed by atoms with Gasteiger partial charge in [0, 0.05) is 9.61 Å². The van der Waals surface area contributed by atoms with Gasteiger partial charge in [0.25, 0.3) is 0 Å². The topological polar surface area (TPSA) is 12.0 Å². The van der Waals surface area contributed by atoms with Crippen LogP contribution < -0.4 is 5.32 Å². The highest BCUT2D eigenvalue weighted by molar-refractivity contribution is 14.1. The van der Waals surface area contributed by atoms with E-state index < -0.39 is 0 Å². The third-order valence-corrected chi connectivity index (χ3v) is 3.24. The molecule has 1 rings (SSSR count). The molecule has 84 valence electrons. The Labute approximate surface area is 107 Å². The van der Waals surface area contributed by atoms with E-state index in [0.717, 1.165) is 6.54 Å². The zero-order valence-corrected chi connectivity index (χ0v) is 11.8. The first-order valence-electron chi connectivity index (χ1n) is 5.70. The van der Waals surface area contributed by atoms with Crippen LogP contribution in [0.2, 0.25) is 0 Å². The van der Waals surface area contributed by atoms with Crippen molar-refractivity contribution in [2.24, 2.45) is 0 Å². The molecule has 1 N–H and O–H groups in total. The average molecular weight is 317 g/mol. The van der Waals surface area contributed by atoms with Crippen LogP contribution in [0, 0.1) is 3.57 Å². The van der Waals surface area contributed by atoms with Gasteiger partial charge >= 0.3 is 0 Å². The lowest BCUT2D eigenvalue weighted by Gasteiger charge is -2.12. The number of aryl methyl sites for hydroxylation is 1. The maximum Gasteiger partial charge on any atom is 0.0130 e. The minimum Gasteiger partial charge on any atom is -0.314 e. The Balaban J connectivity index is 2.27. The van der Waals surface area contributed by atoms with Crippen LogP contribution in [0.5, 0.6) is 0 Å². The maximum absolute atomic E-state index is 3.51. The van der Waals surface area contributed by atoms with Crippen LogP contribution in [0.3, 0.4) is 0 Å². The summed E-state index contributed by atoms with van der Waals surface area (Å²) in [5, 5.41) is 3.51. The number of nitrogens with one attached hydrogen (secondary N) is 1. The van der Waals surface area contributed by atoms with E-state index in [2.05, 4.69) is 66.0 Å². The lowest BCUT2D eigenvalue weighted by Crippen LogP contribution is -2.27. The van der Waals surface area contributed by atoms with E-state index in [1.807, 2.05) is 0 Å². The van der Waals surface area contributed by atoms with Gasteiger partial charge in [-0.25, -0.2) is 0 Å². The van der Waals surface area contributed by atoms with Crippen molar-refractivity contribution in [1.29, 1.82) is 0 Å². The van der Waals surface area contributed by atoms with Gasteiger partial charge in [0.1, 0.15) is 0 Å². The second kappa shape index (κ2) is 7.23. The zero-order valence-electron chi connectivity index (χ0n) is 9.59. The molecular formula is C13H20IN. The second-order valence-electron chi connectivity index (χ2n) is 4.02. The van der Waals surface area contributed by atoms with E-state index in [4.69, 9.17) is 0 Å². The Morgan fingerprint density at radius 2 is 1.93 bits per heavy atom. The third-order valence-electron chi connectivity index (χ3n) is 2.52. The fourth-order valence-electron chi connectivity index (χ4n) is 1.53. The monoisotopic (exact) mass is 317 g/mol. The summed E-state index contributed by atoms with van der Waals surface area (Å²) in [6.07, 6.45) is 3.61.